The van der Waals surface area contributed by atoms with E-state index in [-0.39, 0.29) is 12.1 Å². The Labute approximate surface area is 157 Å². The summed E-state index contributed by atoms with van der Waals surface area (Å²) in [5.74, 6) is -1.62. The number of nitrogens with one attached hydrogen (secondary N) is 1. The lowest BCUT2D eigenvalue weighted by Gasteiger charge is -2.21. The van der Waals surface area contributed by atoms with Crippen LogP contribution in [0.15, 0.2) is 41.2 Å². The monoisotopic (exact) mass is 368 g/mol. The Hall–Kier alpha value is -2.89. The molecule has 1 aromatic carbocycles. The summed E-state index contributed by atoms with van der Waals surface area (Å²) in [6.07, 6.45) is 5.32. The highest BCUT2D eigenvalue weighted by atomic mass is 16.4. The number of aromatic amines is 1. The first-order valence-electron chi connectivity index (χ1n) is 9.34. The van der Waals surface area contributed by atoms with Crippen LogP contribution < -0.4 is 5.56 Å². The van der Waals surface area contributed by atoms with E-state index < -0.39 is 24.0 Å². The second kappa shape index (κ2) is 8.66. The van der Waals surface area contributed by atoms with Crippen molar-refractivity contribution in [2.75, 3.05) is 13.1 Å². The van der Waals surface area contributed by atoms with E-state index in [0.717, 1.165) is 48.9 Å². The Kier molecular flexibility index (Phi) is 6.06. The average molecular weight is 368 g/mol. The molecule has 1 aliphatic carbocycles. The molecule has 1 aliphatic rings. The predicted molar refractivity (Wildman–Crippen MR) is 102 cm³/mol. The van der Waals surface area contributed by atoms with Gasteiger partial charge in [0.2, 0.25) is 0 Å². The highest BCUT2D eigenvalue weighted by molar-refractivity contribution is 5.95. The number of hydrogen-bond donors (Lipinski definition) is 2. The van der Waals surface area contributed by atoms with E-state index in [2.05, 4.69) is 4.98 Å². The summed E-state index contributed by atoms with van der Waals surface area (Å²) in [6, 6.07) is 11.2. The molecule has 1 aromatic heterocycles. The molecule has 0 bridgehead atoms. The van der Waals surface area contributed by atoms with E-state index in [1.807, 2.05) is 30.3 Å². The van der Waals surface area contributed by atoms with Crippen molar-refractivity contribution in [3.05, 3.63) is 69.1 Å². The van der Waals surface area contributed by atoms with Crippen molar-refractivity contribution in [2.24, 2.45) is 0 Å². The quantitative estimate of drug-likeness (QED) is 0.766. The van der Waals surface area contributed by atoms with Gasteiger partial charge in [-0.3, -0.25) is 14.4 Å². The highest BCUT2D eigenvalue weighted by Gasteiger charge is 2.23. The van der Waals surface area contributed by atoms with Gasteiger partial charge in [0, 0.05) is 12.2 Å². The van der Waals surface area contributed by atoms with Gasteiger partial charge in [-0.05, 0) is 49.3 Å². The van der Waals surface area contributed by atoms with Gasteiger partial charge in [-0.1, -0.05) is 36.8 Å². The molecular weight excluding hydrogens is 344 g/mol. The SMILES string of the molecule is O=C(O)CN(CCc1ccccc1)C(=O)c1cc2c([nH]c1=O)CCCCC2. The number of carbonyl (C=O) groups is 2. The van der Waals surface area contributed by atoms with Crippen LogP contribution in [-0.4, -0.2) is 40.0 Å². The number of pyridine rings is 1. The molecule has 3 rings (SSSR count). The third-order valence-electron chi connectivity index (χ3n) is 4.95. The maximum atomic E-state index is 12.9. The number of nitrogens with zero attached hydrogens (tertiary/aromatic N) is 1. The second-order valence-corrected chi connectivity index (χ2v) is 6.93. The molecule has 0 saturated heterocycles. The standard InChI is InChI=1S/C21H24N2O4/c24-19(25)14-23(12-11-15-7-3-1-4-8-15)21(27)17-13-16-9-5-2-6-10-18(16)22-20(17)26/h1,3-4,7-8,13H,2,5-6,9-12,14H2,(H,22,26)(H,24,25). The van der Waals surface area contributed by atoms with Gasteiger partial charge in [0.15, 0.2) is 0 Å². The molecule has 1 heterocycles. The normalized spacial score (nSPS) is 13.5. The lowest BCUT2D eigenvalue weighted by atomic mass is 10.1. The number of benzene rings is 1. The van der Waals surface area contributed by atoms with E-state index in [0.29, 0.717) is 6.42 Å². The fourth-order valence-corrected chi connectivity index (χ4v) is 3.51. The summed E-state index contributed by atoms with van der Waals surface area (Å²) in [5.41, 5.74) is 2.51. The second-order valence-electron chi connectivity index (χ2n) is 6.93. The Balaban J connectivity index is 1.83. The number of carbonyl (C=O) groups excluding carboxylic acids is 1. The Morgan fingerprint density at radius 3 is 2.56 bits per heavy atom. The zero-order valence-corrected chi connectivity index (χ0v) is 15.2. The minimum atomic E-state index is -1.09. The molecule has 6 heteroatoms. The van der Waals surface area contributed by atoms with Crippen molar-refractivity contribution in [3.63, 3.8) is 0 Å². The molecule has 0 fully saturated rings. The van der Waals surface area contributed by atoms with Gasteiger partial charge in [-0.15, -0.1) is 0 Å². The molecule has 0 unspecified atom stereocenters. The lowest BCUT2D eigenvalue weighted by Crippen LogP contribution is -2.40. The third-order valence-corrected chi connectivity index (χ3v) is 4.95. The van der Waals surface area contributed by atoms with Crippen LogP contribution >= 0.6 is 0 Å². The van der Waals surface area contributed by atoms with E-state index in [1.165, 1.54) is 4.90 Å². The minimum absolute atomic E-state index is 0.0324. The maximum absolute atomic E-state index is 12.9. The van der Waals surface area contributed by atoms with Crippen molar-refractivity contribution in [3.8, 4) is 0 Å². The Bertz CT molecular complexity index is 873. The van der Waals surface area contributed by atoms with E-state index in [4.69, 9.17) is 0 Å². The van der Waals surface area contributed by atoms with Gasteiger partial charge in [0.05, 0.1) is 0 Å². The summed E-state index contributed by atoms with van der Waals surface area (Å²) in [6.45, 7) is -0.187. The van der Waals surface area contributed by atoms with Crippen molar-refractivity contribution in [1.29, 1.82) is 0 Å². The first-order chi connectivity index (χ1) is 13.0. The fourth-order valence-electron chi connectivity index (χ4n) is 3.51. The van der Waals surface area contributed by atoms with Crippen LogP contribution in [0.4, 0.5) is 0 Å². The fraction of sp³-hybridized carbons (Fsp3) is 0.381. The highest BCUT2D eigenvalue weighted by Crippen LogP contribution is 2.19. The van der Waals surface area contributed by atoms with Gasteiger partial charge >= 0.3 is 5.97 Å². The first kappa shape index (κ1) is 18.9. The zero-order chi connectivity index (χ0) is 19.2. The van der Waals surface area contributed by atoms with Crippen LogP contribution in [0.3, 0.4) is 0 Å². The number of hydrogen-bond acceptors (Lipinski definition) is 3. The van der Waals surface area contributed by atoms with Crippen LogP contribution in [0.5, 0.6) is 0 Å². The third kappa shape index (κ3) is 4.84. The molecule has 6 nitrogen and oxygen atoms in total. The van der Waals surface area contributed by atoms with Crippen molar-refractivity contribution in [2.45, 2.75) is 38.5 Å². The number of carboxylic acid groups (broad SMARTS) is 1. The number of amides is 1. The van der Waals surface area contributed by atoms with E-state index in [1.54, 1.807) is 6.07 Å². The Morgan fingerprint density at radius 2 is 1.81 bits per heavy atom. The van der Waals surface area contributed by atoms with E-state index in [9.17, 15) is 19.5 Å². The number of aromatic nitrogens is 1. The molecule has 2 N–H and O–H groups in total. The molecular formula is C21H24N2O4. The molecule has 0 spiro atoms. The van der Waals surface area contributed by atoms with Gasteiger partial charge < -0.3 is 15.0 Å². The number of carboxylic acids is 1. The van der Waals surface area contributed by atoms with Gasteiger partial charge in [0.1, 0.15) is 12.1 Å². The number of fused-ring (bicyclic) bond motifs is 1. The van der Waals surface area contributed by atoms with Gasteiger partial charge in [-0.2, -0.15) is 0 Å². The molecule has 1 amide bonds. The van der Waals surface area contributed by atoms with Gasteiger partial charge in [-0.25, -0.2) is 0 Å². The van der Waals surface area contributed by atoms with Crippen LogP contribution in [0.1, 0.15) is 46.4 Å². The first-order valence-corrected chi connectivity index (χ1v) is 9.34. The van der Waals surface area contributed by atoms with Crippen LogP contribution in [0, 0.1) is 0 Å². The van der Waals surface area contributed by atoms with E-state index >= 15 is 0 Å². The molecule has 0 saturated carbocycles. The molecule has 2 aromatic rings. The summed E-state index contributed by atoms with van der Waals surface area (Å²) < 4.78 is 0. The zero-order valence-electron chi connectivity index (χ0n) is 15.2. The molecule has 142 valence electrons. The van der Waals surface area contributed by atoms with Crippen LogP contribution in [-0.2, 0) is 24.1 Å². The molecule has 0 aliphatic heterocycles. The average Bonchev–Trinajstić information content (AvgIpc) is 2.89. The number of H-pyrrole nitrogens is 1. The van der Waals surface area contributed by atoms with Gasteiger partial charge in [0.25, 0.3) is 11.5 Å². The van der Waals surface area contributed by atoms with Crippen LogP contribution in [0.25, 0.3) is 0 Å². The minimum Gasteiger partial charge on any atom is -0.480 e. The predicted octanol–water partition coefficient (Wildman–Crippen LogP) is 2.41. The lowest BCUT2D eigenvalue weighted by molar-refractivity contribution is -0.137. The number of aliphatic carboxylic acids is 1. The molecule has 0 atom stereocenters. The summed E-state index contributed by atoms with van der Waals surface area (Å²) in [5, 5.41) is 9.20. The summed E-state index contributed by atoms with van der Waals surface area (Å²) >= 11 is 0. The summed E-state index contributed by atoms with van der Waals surface area (Å²) in [7, 11) is 0. The topological polar surface area (TPSA) is 90.5 Å². The van der Waals surface area contributed by atoms with Crippen molar-refractivity contribution < 1.29 is 14.7 Å². The number of rotatable bonds is 6. The number of aryl methyl sites for hydroxylation is 2. The van der Waals surface area contributed by atoms with Crippen molar-refractivity contribution >= 4 is 11.9 Å². The smallest absolute Gasteiger partial charge is 0.323 e. The Morgan fingerprint density at radius 1 is 1.07 bits per heavy atom. The largest absolute Gasteiger partial charge is 0.480 e. The molecule has 0 radical (unpaired) electrons. The molecule has 27 heavy (non-hydrogen) atoms. The summed E-state index contributed by atoms with van der Waals surface area (Å²) in [4.78, 5) is 40.7. The van der Waals surface area contributed by atoms with Crippen molar-refractivity contribution in [1.82, 2.24) is 9.88 Å². The maximum Gasteiger partial charge on any atom is 0.323 e. The van der Waals surface area contributed by atoms with Crippen LogP contribution in [0.2, 0.25) is 0 Å².